The lowest BCUT2D eigenvalue weighted by molar-refractivity contribution is 0.0947. The van der Waals surface area contributed by atoms with Crippen molar-refractivity contribution in [1.29, 1.82) is 0 Å². The molecule has 1 N–H and O–H groups in total. The number of rotatable bonds is 5. The number of halogens is 2. The van der Waals surface area contributed by atoms with E-state index in [0.29, 0.717) is 36.7 Å². The summed E-state index contributed by atoms with van der Waals surface area (Å²) in [5.74, 6) is -0.633. The second-order valence-electron chi connectivity index (χ2n) is 8.24. The Bertz CT molecular complexity index is 1520. The second-order valence-corrected chi connectivity index (χ2v) is 10.5. The predicted molar refractivity (Wildman–Crippen MR) is 142 cm³/mol. The molecule has 0 radical (unpaired) electrons. The molecule has 0 aromatic heterocycles. The molecule has 2 amide bonds. The molecular formula is C28H20Cl2N2O3S. The van der Waals surface area contributed by atoms with E-state index in [-0.39, 0.29) is 24.9 Å². The van der Waals surface area contributed by atoms with Crippen LogP contribution in [-0.4, -0.2) is 16.0 Å². The van der Waals surface area contributed by atoms with Gasteiger partial charge in [0.1, 0.15) is 0 Å². The molecule has 0 saturated carbocycles. The molecule has 1 atom stereocenters. The molecule has 1 aliphatic heterocycles. The Morgan fingerprint density at radius 3 is 2.44 bits per heavy atom. The lowest BCUT2D eigenvalue weighted by Crippen LogP contribution is -2.31. The van der Waals surface area contributed by atoms with Gasteiger partial charge in [0.25, 0.3) is 11.8 Å². The number of amides is 2. The average Bonchev–Trinajstić information content (AvgIpc) is 2.97. The summed E-state index contributed by atoms with van der Waals surface area (Å²) in [5, 5.41) is 3.98. The van der Waals surface area contributed by atoms with Crippen LogP contribution in [0.25, 0.3) is 0 Å². The SMILES string of the molecule is O=C(NCc1ccccc1Cl)c1ccc2c(c1)N(Cc1cccc(Cl)c1)C(=O)c1ccccc1[S@]2=O. The van der Waals surface area contributed by atoms with Crippen molar-refractivity contribution < 1.29 is 13.8 Å². The normalized spacial score (nSPS) is 14.6. The van der Waals surface area contributed by atoms with Crippen LogP contribution in [0.3, 0.4) is 0 Å². The van der Waals surface area contributed by atoms with Crippen molar-refractivity contribution in [2.45, 2.75) is 22.9 Å². The summed E-state index contributed by atoms with van der Waals surface area (Å²) in [5.41, 5.74) is 2.71. The van der Waals surface area contributed by atoms with Crippen LogP contribution in [0.4, 0.5) is 5.69 Å². The molecule has 36 heavy (non-hydrogen) atoms. The molecule has 5 rings (SSSR count). The highest BCUT2D eigenvalue weighted by Gasteiger charge is 2.31. The average molecular weight is 535 g/mol. The van der Waals surface area contributed by atoms with Gasteiger partial charge in [0.2, 0.25) is 0 Å². The second kappa shape index (κ2) is 10.3. The highest BCUT2D eigenvalue weighted by atomic mass is 35.5. The molecule has 5 nitrogen and oxygen atoms in total. The largest absolute Gasteiger partial charge is 0.348 e. The summed E-state index contributed by atoms with van der Waals surface area (Å²) in [6, 6.07) is 26.2. The van der Waals surface area contributed by atoms with E-state index >= 15 is 0 Å². The van der Waals surface area contributed by atoms with Crippen molar-refractivity contribution in [3.8, 4) is 0 Å². The molecule has 0 unspecified atom stereocenters. The fourth-order valence-corrected chi connectivity index (χ4v) is 5.86. The maximum atomic E-state index is 13.7. The molecule has 0 spiro atoms. The maximum absolute atomic E-state index is 13.7. The summed E-state index contributed by atoms with van der Waals surface area (Å²) in [6.07, 6.45) is 0. The maximum Gasteiger partial charge on any atom is 0.259 e. The van der Waals surface area contributed by atoms with Crippen LogP contribution in [0.5, 0.6) is 0 Å². The number of hydrogen-bond donors (Lipinski definition) is 1. The minimum absolute atomic E-state index is 0.197. The highest BCUT2D eigenvalue weighted by Crippen LogP contribution is 2.36. The number of nitrogens with zero attached hydrogens (tertiary/aromatic N) is 1. The van der Waals surface area contributed by atoms with E-state index in [1.54, 1.807) is 65.6 Å². The van der Waals surface area contributed by atoms with Crippen LogP contribution in [0, 0.1) is 0 Å². The number of nitrogens with one attached hydrogen (secondary N) is 1. The van der Waals surface area contributed by atoms with Gasteiger partial charge < -0.3 is 10.2 Å². The predicted octanol–water partition coefficient (Wildman–Crippen LogP) is 6.25. The third-order valence-electron chi connectivity index (χ3n) is 5.90. The summed E-state index contributed by atoms with van der Waals surface area (Å²) < 4.78 is 13.6. The number of carbonyl (C=O) groups excluding carboxylic acids is 2. The topological polar surface area (TPSA) is 66.5 Å². The van der Waals surface area contributed by atoms with E-state index in [9.17, 15) is 13.8 Å². The monoisotopic (exact) mass is 534 g/mol. The van der Waals surface area contributed by atoms with Gasteiger partial charge in [-0.25, -0.2) is 4.21 Å². The zero-order valence-electron chi connectivity index (χ0n) is 18.9. The van der Waals surface area contributed by atoms with Gasteiger partial charge >= 0.3 is 0 Å². The zero-order valence-corrected chi connectivity index (χ0v) is 21.2. The van der Waals surface area contributed by atoms with Crippen LogP contribution in [0.2, 0.25) is 10.0 Å². The fraction of sp³-hybridized carbons (Fsp3) is 0.0714. The van der Waals surface area contributed by atoms with Crippen LogP contribution in [0.1, 0.15) is 31.8 Å². The van der Waals surface area contributed by atoms with E-state index < -0.39 is 10.8 Å². The molecule has 0 aliphatic carbocycles. The standard InChI is InChI=1S/C28H20Cl2N2O3S/c29-21-8-5-6-18(14-21)17-32-24-15-19(27(33)31-16-20-7-1-3-10-23(20)30)12-13-26(24)36(35)25-11-4-2-9-22(25)28(32)34/h1-15H,16-17H2,(H,31,33)/t36-/m1/s1. The van der Waals surface area contributed by atoms with Gasteiger partial charge in [0.15, 0.2) is 0 Å². The lowest BCUT2D eigenvalue weighted by atomic mass is 10.1. The van der Waals surface area contributed by atoms with Gasteiger partial charge in [-0.05, 0) is 59.7 Å². The van der Waals surface area contributed by atoms with E-state index in [2.05, 4.69) is 5.32 Å². The Kier molecular flexibility index (Phi) is 6.92. The third kappa shape index (κ3) is 4.80. The molecule has 1 heterocycles. The first-order chi connectivity index (χ1) is 17.4. The minimum atomic E-state index is -1.61. The van der Waals surface area contributed by atoms with Crippen molar-refractivity contribution >= 4 is 51.5 Å². The molecule has 4 aromatic rings. The van der Waals surface area contributed by atoms with E-state index in [1.807, 2.05) is 30.3 Å². The lowest BCUT2D eigenvalue weighted by Gasteiger charge is -2.24. The Hall–Kier alpha value is -3.45. The summed E-state index contributed by atoms with van der Waals surface area (Å²) >= 11 is 12.4. The van der Waals surface area contributed by atoms with E-state index in [4.69, 9.17) is 23.2 Å². The molecule has 180 valence electrons. The molecule has 0 bridgehead atoms. The van der Waals surface area contributed by atoms with Gasteiger partial charge in [-0.3, -0.25) is 9.59 Å². The molecule has 4 aromatic carbocycles. The van der Waals surface area contributed by atoms with Crippen molar-refractivity contribution in [3.63, 3.8) is 0 Å². The summed E-state index contributed by atoms with van der Waals surface area (Å²) in [7, 11) is -1.61. The van der Waals surface area contributed by atoms with Crippen molar-refractivity contribution in [1.82, 2.24) is 5.32 Å². The first kappa shape index (κ1) is 24.3. The first-order valence-corrected chi connectivity index (χ1v) is 13.1. The molecule has 8 heteroatoms. The minimum Gasteiger partial charge on any atom is -0.348 e. The van der Waals surface area contributed by atoms with Crippen LogP contribution < -0.4 is 10.2 Å². The third-order valence-corrected chi connectivity index (χ3v) is 8.00. The van der Waals surface area contributed by atoms with Gasteiger partial charge in [0, 0.05) is 22.2 Å². The summed E-state index contributed by atoms with van der Waals surface area (Å²) in [6.45, 7) is 0.445. The Balaban J connectivity index is 1.54. The molecule has 0 fully saturated rings. The zero-order chi connectivity index (χ0) is 25.2. The van der Waals surface area contributed by atoms with Crippen molar-refractivity contribution in [2.75, 3.05) is 4.90 Å². The van der Waals surface area contributed by atoms with Crippen LogP contribution in [-0.2, 0) is 23.9 Å². The number of hydrogen-bond acceptors (Lipinski definition) is 3. The summed E-state index contributed by atoms with van der Waals surface area (Å²) in [4.78, 5) is 29.2. The number of anilines is 1. The van der Waals surface area contributed by atoms with Gasteiger partial charge in [-0.2, -0.15) is 0 Å². The van der Waals surface area contributed by atoms with Crippen molar-refractivity contribution in [3.05, 3.63) is 123 Å². The van der Waals surface area contributed by atoms with Crippen LogP contribution in [0.15, 0.2) is 101 Å². The number of fused-ring (bicyclic) bond motifs is 2. The van der Waals surface area contributed by atoms with Gasteiger partial charge in [-0.1, -0.05) is 65.7 Å². The number of carbonyl (C=O) groups is 2. The Morgan fingerprint density at radius 1 is 0.861 bits per heavy atom. The van der Waals surface area contributed by atoms with Gasteiger partial charge in [0.05, 0.1) is 38.4 Å². The number of benzene rings is 4. The molecule has 1 aliphatic rings. The molecular weight excluding hydrogens is 515 g/mol. The van der Waals surface area contributed by atoms with Crippen LogP contribution >= 0.6 is 23.2 Å². The quantitative estimate of drug-likeness (QED) is 0.329. The Morgan fingerprint density at radius 2 is 1.64 bits per heavy atom. The van der Waals surface area contributed by atoms with Gasteiger partial charge in [-0.15, -0.1) is 0 Å². The van der Waals surface area contributed by atoms with E-state index in [1.165, 1.54) is 0 Å². The van der Waals surface area contributed by atoms with Crippen molar-refractivity contribution in [2.24, 2.45) is 0 Å². The van der Waals surface area contributed by atoms with E-state index in [0.717, 1.165) is 11.1 Å². The Labute approximate surface area is 221 Å². The highest BCUT2D eigenvalue weighted by molar-refractivity contribution is 7.85. The fourth-order valence-electron chi connectivity index (χ4n) is 4.10. The molecule has 0 saturated heterocycles. The smallest absolute Gasteiger partial charge is 0.259 e. The first-order valence-electron chi connectivity index (χ1n) is 11.1.